The van der Waals surface area contributed by atoms with Gasteiger partial charge < -0.3 is 10.2 Å². The molecule has 0 heterocycles. The maximum absolute atomic E-state index is 5.69. The van der Waals surface area contributed by atoms with Gasteiger partial charge in [-0.25, -0.2) is 4.84 Å². The van der Waals surface area contributed by atoms with Crippen LogP contribution < -0.4 is 15.9 Å². The number of thioether (sulfide) groups is 1. The van der Waals surface area contributed by atoms with E-state index in [0.717, 1.165) is 35.0 Å². The lowest BCUT2D eigenvalue weighted by atomic mass is 10.2. The van der Waals surface area contributed by atoms with Crippen LogP contribution in [-0.4, -0.2) is 44.4 Å². The van der Waals surface area contributed by atoms with Crippen molar-refractivity contribution in [2.45, 2.75) is 22.3 Å². The van der Waals surface area contributed by atoms with Crippen LogP contribution in [0, 0.1) is 0 Å². The summed E-state index contributed by atoms with van der Waals surface area (Å²) in [5.74, 6) is 0.998. The molecule has 1 atom stereocenters. The summed E-state index contributed by atoms with van der Waals surface area (Å²) in [4.78, 5) is 9.78. The molecule has 0 spiro atoms. The van der Waals surface area contributed by atoms with Crippen LogP contribution >= 0.6 is 23.7 Å². The van der Waals surface area contributed by atoms with Gasteiger partial charge in [-0.2, -0.15) is 5.48 Å². The number of benzene rings is 2. The number of nitrogens with two attached hydrogens (primary N) is 2. The van der Waals surface area contributed by atoms with Crippen molar-refractivity contribution < 1.29 is 10.3 Å². The van der Waals surface area contributed by atoms with Crippen molar-refractivity contribution in [2.24, 2.45) is 5.14 Å². The van der Waals surface area contributed by atoms with Crippen LogP contribution in [0.3, 0.4) is 0 Å². The summed E-state index contributed by atoms with van der Waals surface area (Å²) in [6, 6.07) is 17.0. The summed E-state index contributed by atoms with van der Waals surface area (Å²) >= 11 is 3.12. The van der Waals surface area contributed by atoms with Crippen molar-refractivity contribution in [1.82, 2.24) is 4.90 Å². The first-order chi connectivity index (χ1) is 12.6. The molecule has 0 fully saturated rings. The molecule has 1 unspecified atom stereocenters. The van der Waals surface area contributed by atoms with Crippen molar-refractivity contribution in [3.8, 4) is 0 Å². The van der Waals surface area contributed by atoms with Crippen molar-refractivity contribution in [2.75, 3.05) is 38.8 Å². The third-order valence-corrected chi connectivity index (χ3v) is 5.58. The Hall–Kier alpha value is -1.22. The average Bonchev–Trinajstić information content (AvgIpc) is 2.66. The summed E-state index contributed by atoms with van der Waals surface area (Å²) in [7, 11) is 5.89. The molecule has 0 saturated carbocycles. The van der Waals surface area contributed by atoms with Crippen LogP contribution in [0.4, 0.5) is 11.4 Å². The Balaban J connectivity index is 2.09. The zero-order valence-electron chi connectivity index (χ0n) is 15.6. The van der Waals surface area contributed by atoms with E-state index in [0.29, 0.717) is 6.04 Å². The van der Waals surface area contributed by atoms with Gasteiger partial charge in [0.25, 0.3) is 0 Å². The van der Waals surface area contributed by atoms with E-state index in [4.69, 9.17) is 9.98 Å². The van der Waals surface area contributed by atoms with E-state index in [1.54, 1.807) is 12.6 Å². The van der Waals surface area contributed by atoms with Gasteiger partial charge in [0.05, 0.1) is 12.8 Å². The van der Waals surface area contributed by atoms with Crippen molar-refractivity contribution in [3.05, 3.63) is 48.5 Å². The van der Waals surface area contributed by atoms with E-state index in [9.17, 15) is 0 Å². The zero-order valence-corrected chi connectivity index (χ0v) is 17.3. The van der Waals surface area contributed by atoms with E-state index in [1.165, 1.54) is 16.8 Å². The van der Waals surface area contributed by atoms with Crippen LogP contribution in [-0.2, 0) is 4.84 Å². The number of hydrogen-bond acceptors (Lipinski definition) is 6. The van der Waals surface area contributed by atoms with Gasteiger partial charge in [0, 0.05) is 27.7 Å². The Morgan fingerprint density at radius 2 is 1.92 bits per heavy atom. The second-order valence-corrected chi connectivity index (χ2v) is 8.08. The molecule has 0 aliphatic heterocycles. The third kappa shape index (κ3) is 7.19. The first kappa shape index (κ1) is 21.1. The fourth-order valence-electron chi connectivity index (χ4n) is 2.51. The van der Waals surface area contributed by atoms with Gasteiger partial charge >= 0.3 is 0 Å². The Bertz CT molecular complexity index is 655. The maximum Gasteiger partial charge on any atom is 0.186 e. The Morgan fingerprint density at radius 1 is 1.15 bits per heavy atom. The molecule has 0 saturated heterocycles. The lowest BCUT2D eigenvalue weighted by Gasteiger charge is -2.22. The molecule has 0 aliphatic carbocycles. The fraction of sp³-hybridized carbons (Fsp3) is 0.368. The summed E-state index contributed by atoms with van der Waals surface area (Å²) in [5, 5.41) is 9.39. The molecule has 5 nitrogen and oxygen atoms in total. The molecule has 0 radical (unpaired) electrons. The predicted octanol–water partition coefficient (Wildman–Crippen LogP) is 2.93. The number of nitrogens with zero attached hydrogens (tertiary/aromatic N) is 1. The van der Waals surface area contributed by atoms with E-state index in [2.05, 4.69) is 60.7 Å². The molecule has 0 amide bonds. The van der Waals surface area contributed by atoms with Gasteiger partial charge in [-0.3, -0.25) is 5.14 Å². The molecule has 7 heteroatoms. The topological polar surface area (TPSA) is 67.1 Å². The van der Waals surface area contributed by atoms with E-state index < -0.39 is 0 Å². The number of hydrogen-bond donors (Lipinski definition) is 3. The van der Waals surface area contributed by atoms with Crippen molar-refractivity contribution in [3.63, 3.8) is 0 Å². The van der Waals surface area contributed by atoms with Crippen LogP contribution in [0.1, 0.15) is 6.42 Å². The highest BCUT2D eigenvalue weighted by Crippen LogP contribution is 2.26. The molecule has 142 valence electrons. The SMILES string of the molecule is CO[NH2+]c1cc(SN)ccc1NC(CCN(C)C)CSc1ccccc1. The standard InChI is InChI=1S/C19H28N4OS2/c1-23(2)12-11-15(14-25-16-7-5-4-6-8-16)21-18-10-9-17(26-20)13-19(18)22-24-3/h4-10,13,15,21-22H,11-12,14,20H2,1-3H3/p+1. The minimum absolute atomic E-state index is 0.350. The van der Waals surface area contributed by atoms with Crippen LogP contribution in [0.25, 0.3) is 0 Å². The van der Waals surface area contributed by atoms with E-state index >= 15 is 0 Å². The Morgan fingerprint density at radius 3 is 2.58 bits per heavy atom. The second-order valence-electron chi connectivity index (χ2n) is 6.28. The van der Waals surface area contributed by atoms with Gasteiger partial charge in [0.2, 0.25) is 0 Å². The minimum Gasteiger partial charge on any atom is -0.377 e. The molecule has 0 bridgehead atoms. The van der Waals surface area contributed by atoms with Gasteiger partial charge in [0.1, 0.15) is 0 Å². The van der Waals surface area contributed by atoms with Crippen LogP contribution in [0.2, 0.25) is 0 Å². The minimum atomic E-state index is 0.350. The fourth-order valence-corrected chi connectivity index (χ4v) is 3.85. The monoisotopic (exact) mass is 393 g/mol. The second kappa shape index (κ2) is 11.5. The Labute approximate surface area is 165 Å². The lowest BCUT2D eigenvalue weighted by molar-refractivity contribution is -0.829. The normalized spacial score (nSPS) is 12.3. The summed E-state index contributed by atoms with van der Waals surface area (Å²) < 4.78 is 0. The predicted molar refractivity (Wildman–Crippen MR) is 113 cm³/mol. The number of quaternary nitrogens is 1. The highest BCUT2D eigenvalue weighted by molar-refractivity contribution is 7.99. The first-order valence-corrected chi connectivity index (χ1v) is 10.4. The van der Waals surface area contributed by atoms with E-state index in [-0.39, 0.29) is 0 Å². The van der Waals surface area contributed by atoms with Crippen molar-refractivity contribution in [1.29, 1.82) is 0 Å². The molecule has 2 aromatic carbocycles. The molecule has 0 aliphatic rings. The number of anilines is 1. The molecular formula is C19H29N4OS2+. The summed E-state index contributed by atoms with van der Waals surface area (Å²) in [6.45, 7) is 1.03. The third-order valence-electron chi connectivity index (χ3n) is 3.88. The first-order valence-electron chi connectivity index (χ1n) is 8.58. The van der Waals surface area contributed by atoms with Gasteiger partial charge in [-0.05, 0) is 63.3 Å². The lowest BCUT2D eigenvalue weighted by Crippen LogP contribution is -2.76. The molecular weight excluding hydrogens is 364 g/mol. The average molecular weight is 394 g/mol. The van der Waals surface area contributed by atoms with Gasteiger partial charge in [-0.15, -0.1) is 11.8 Å². The van der Waals surface area contributed by atoms with Crippen molar-refractivity contribution >= 4 is 35.1 Å². The zero-order chi connectivity index (χ0) is 18.8. The quantitative estimate of drug-likeness (QED) is 0.236. The highest BCUT2D eigenvalue weighted by Gasteiger charge is 2.15. The number of rotatable bonds is 11. The van der Waals surface area contributed by atoms with Crippen LogP contribution in [0.15, 0.2) is 58.3 Å². The highest BCUT2D eigenvalue weighted by atomic mass is 32.2. The molecule has 26 heavy (non-hydrogen) atoms. The molecule has 5 N–H and O–H groups in total. The molecule has 2 aromatic rings. The van der Waals surface area contributed by atoms with Gasteiger partial charge in [0.15, 0.2) is 5.69 Å². The summed E-state index contributed by atoms with van der Waals surface area (Å²) in [6.07, 6.45) is 1.06. The van der Waals surface area contributed by atoms with Crippen LogP contribution in [0.5, 0.6) is 0 Å². The molecule has 0 aromatic heterocycles. The van der Waals surface area contributed by atoms with E-state index in [1.807, 2.05) is 23.9 Å². The molecule has 2 rings (SSSR count). The Kier molecular flexibility index (Phi) is 9.31. The largest absolute Gasteiger partial charge is 0.377 e. The summed E-state index contributed by atoms with van der Waals surface area (Å²) in [5.41, 5.74) is 3.85. The maximum atomic E-state index is 5.69. The smallest absolute Gasteiger partial charge is 0.186 e. The van der Waals surface area contributed by atoms with Gasteiger partial charge in [-0.1, -0.05) is 18.2 Å². The number of nitrogens with one attached hydrogen (secondary N) is 1.